The van der Waals surface area contributed by atoms with E-state index in [4.69, 9.17) is 4.84 Å². The molecule has 6 heteroatoms. The van der Waals surface area contributed by atoms with Crippen molar-refractivity contribution in [2.45, 2.75) is 86.0 Å². The van der Waals surface area contributed by atoms with Crippen molar-refractivity contribution in [3.8, 4) is 0 Å². The molecule has 4 rings (SSSR count). The van der Waals surface area contributed by atoms with E-state index in [0.29, 0.717) is 43.0 Å². The Morgan fingerprint density at radius 2 is 1.94 bits per heavy atom. The van der Waals surface area contributed by atoms with Crippen molar-refractivity contribution in [1.29, 1.82) is 0 Å². The number of fused-ring (bicyclic) bond motifs is 5. The number of carbonyl (C=O) groups excluding carboxylic acids is 2. The molecule has 4 aliphatic rings. The maximum atomic E-state index is 12.6. The second-order valence-electron chi connectivity index (χ2n) is 11.7. The average molecular weight is 472 g/mol. The van der Waals surface area contributed by atoms with E-state index in [2.05, 4.69) is 38.2 Å². The van der Waals surface area contributed by atoms with Crippen LogP contribution in [-0.2, 0) is 9.63 Å². The molecule has 0 saturated heterocycles. The number of hydrogen-bond acceptors (Lipinski definition) is 5. The molecule has 1 amide bonds. The molecule has 0 spiro atoms. The van der Waals surface area contributed by atoms with Crippen molar-refractivity contribution >= 4 is 17.6 Å². The molecule has 3 saturated carbocycles. The first-order chi connectivity index (χ1) is 16.2. The van der Waals surface area contributed by atoms with Gasteiger partial charge < -0.3 is 10.2 Å². The topological polar surface area (TPSA) is 71.0 Å². The largest absolute Gasteiger partial charge is 0.436 e. The number of likely N-dealkylation sites (N-methyl/N-ethyl adjacent to an activating group) is 2. The third kappa shape index (κ3) is 4.47. The molecule has 0 aromatic heterocycles. The van der Waals surface area contributed by atoms with Gasteiger partial charge in [0, 0.05) is 32.0 Å². The quantitative estimate of drug-likeness (QED) is 0.228. The Hall–Kier alpha value is -1.69. The summed E-state index contributed by atoms with van der Waals surface area (Å²) in [6.07, 6.45) is 10.5. The molecule has 34 heavy (non-hydrogen) atoms. The van der Waals surface area contributed by atoms with Crippen molar-refractivity contribution < 1.29 is 14.4 Å². The second-order valence-corrected chi connectivity index (χ2v) is 11.7. The Balaban J connectivity index is 1.44. The number of nitrogens with one attached hydrogen (secondary N) is 1. The number of nitrogens with zero attached hydrogens (tertiary/aromatic N) is 2. The van der Waals surface area contributed by atoms with Gasteiger partial charge in [0.25, 0.3) is 0 Å². The number of rotatable bonds is 7. The summed E-state index contributed by atoms with van der Waals surface area (Å²) in [6, 6.07) is 0. The van der Waals surface area contributed by atoms with Gasteiger partial charge in [-0.25, -0.2) is 4.79 Å². The minimum absolute atomic E-state index is 0.213. The van der Waals surface area contributed by atoms with E-state index in [1.807, 2.05) is 13.0 Å². The maximum absolute atomic E-state index is 12.6. The smallest absolute Gasteiger partial charge is 0.315 e. The van der Waals surface area contributed by atoms with Crippen LogP contribution in [0.15, 0.2) is 16.8 Å². The SMILES string of the molecule is CCNCCN(CC)C(=O)O/N=C(\C)[C@H]1CC[C@H]2[C@@H]3CCC4=CC(=O)CC[C@]4(C)[C@H]3CC[C@]12C. The first-order valence-corrected chi connectivity index (χ1v) is 13.7. The monoisotopic (exact) mass is 471 g/mol. The number of hydrogen-bond donors (Lipinski definition) is 1. The van der Waals surface area contributed by atoms with Gasteiger partial charge in [-0.2, -0.15) is 0 Å². The summed E-state index contributed by atoms with van der Waals surface area (Å²) in [5.41, 5.74) is 2.84. The Bertz CT molecular complexity index is 852. The van der Waals surface area contributed by atoms with Crippen LogP contribution in [0.5, 0.6) is 0 Å². The Morgan fingerprint density at radius 1 is 1.15 bits per heavy atom. The third-order valence-corrected chi connectivity index (χ3v) is 10.2. The normalized spacial score (nSPS) is 37.4. The van der Waals surface area contributed by atoms with Crippen molar-refractivity contribution in [3.63, 3.8) is 0 Å². The van der Waals surface area contributed by atoms with Crippen molar-refractivity contribution in [2.24, 2.45) is 39.7 Å². The van der Waals surface area contributed by atoms with Crippen molar-refractivity contribution in [3.05, 3.63) is 11.6 Å². The summed E-state index contributed by atoms with van der Waals surface area (Å²) in [6.45, 7) is 13.9. The van der Waals surface area contributed by atoms with Crippen LogP contribution in [0.25, 0.3) is 0 Å². The summed E-state index contributed by atoms with van der Waals surface area (Å²) in [5.74, 6) is 2.83. The lowest BCUT2D eigenvalue weighted by molar-refractivity contribution is -0.117. The van der Waals surface area contributed by atoms with Gasteiger partial charge in [0.05, 0.1) is 5.71 Å². The summed E-state index contributed by atoms with van der Waals surface area (Å²) in [5, 5.41) is 7.64. The molecule has 6 nitrogen and oxygen atoms in total. The first-order valence-electron chi connectivity index (χ1n) is 13.7. The first kappa shape index (κ1) is 25.4. The molecule has 0 aromatic rings. The fourth-order valence-corrected chi connectivity index (χ4v) is 8.25. The van der Waals surface area contributed by atoms with E-state index in [1.54, 1.807) is 4.90 Å². The molecule has 0 bridgehead atoms. The van der Waals surface area contributed by atoms with E-state index in [9.17, 15) is 9.59 Å². The average Bonchev–Trinajstić information content (AvgIpc) is 3.18. The van der Waals surface area contributed by atoms with Gasteiger partial charge >= 0.3 is 6.09 Å². The Labute approximate surface area is 205 Å². The van der Waals surface area contributed by atoms with Gasteiger partial charge in [-0.05, 0) is 100.0 Å². The molecular formula is C28H45N3O3. The lowest BCUT2D eigenvalue weighted by atomic mass is 9.46. The third-order valence-electron chi connectivity index (χ3n) is 10.2. The molecule has 0 heterocycles. The summed E-state index contributed by atoms with van der Waals surface area (Å²) < 4.78 is 0. The second kappa shape index (κ2) is 10.1. The maximum Gasteiger partial charge on any atom is 0.436 e. The summed E-state index contributed by atoms with van der Waals surface area (Å²) in [7, 11) is 0. The molecule has 0 aromatic carbocycles. The number of allylic oxidation sites excluding steroid dienone is 1. The molecule has 0 unspecified atom stereocenters. The highest BCUT2D eigenvalue weighted by Crippen LogP contribution is 2.66. The van der Waals surface area contributed by atoms with Crippen LogP contribution in [0.4, 0.5) is 4.79 Å². The van der Waals surface area contributed by atoms with E-state index in [1.165, 1.54) is 31.3 Å². The highest BCUT2D eigenvalue weighted by atomic mass is 16.7. The Morgan fingerprint density at radius 3 is 2.68 bits per heavy atom. The van der Waals surface area contributed by atoms with Crippen LogP contribution in [0, 0.1) is 34.5 Å². The lowest BCUT2D eigenvalue weighted by Gasteiger charge is -2.58. The van der Waals surface area contributed by atoms with Gasteiger partial charge in [-0.3, -0.25) is 9.63 Å². The molecular weight excluding hydrogens is 426 g/mol. The summed E-state index contributed by atoms with van der Waals surface area (Å²) >= 11 is 0. The van der Waals surface area contributed by atoms with Gasteiger partial charge in [0.2, 0.25) is 0 Å². The zero-order valence-corrected chi connectivity index (χ0v) is 22.0. The minimum atomic E-state index is -0.352. The molecule has 4 aliphatic carbocycles. The predicted molar refractivity (Wildman–Crippen MR) is 136 cm³/mol. The standard InChI is InChI=1S/C28H45N3O3/c1-6-29-16-17-31(7-2)26(33)34-30-19(3)23-10-11-24-22-9-8-20-18-21(32)12-14-27(20,4)25(22)13-15-28(23,24)5/h18,22-25,29H,6-17H2,1-5H3/b30-19+/t22-,23+,24-,25-,27-,28+/m0/s1. The van der Waals surface area contributed by atoms with Gasteiger partial charge in [0.1, 0.15) is 0 Å². The van der Waals surface area contributed by atoms with E-state index in [-0.39, 0.29) is 16.9 Å². The predicted octanol–water partition coefficient (Wildman–Crippen LogP) is 5.58. The number of oxime groups is 1. The molecule has 3 fully saturated rings. The van der Waals surface area contributed by atoms with E-state index in [0.717, 1.165) is 44.0 Å². The van der Waals surface area contributed by atoms with Gasteiger partial charge in [-0.15, -0.1) is 0 Å². The molecule has 0 aliphatic heterocycles. The molecule has 6 atom stereocenters. The molecule has 1 N–H and O–H groups in total. The van der Waals surface area contributed by atoms with Gasteiger partial charge in [0.15, 0.2) is 5.78 Å². The zero-order chi connectivity index (χ0) is 24.5. The molecule has 190 valence electrons. The van der Waals surface area contributed by atoms with E-state index >= 15 is 0 Å². The van der Waals surface area contributed by atoms with Gasteiger partial charge in [-0.1, -0.05) is 31.5 Å². The van der Waals surface area contributed by atoms with Crippen LogP contribution in [0.3, 0.4) is 0 Å². The lowest BCUT2D eigenvalue weighted by Crippen LogP contribution is -2.51. The highest BCUT2D eigenvalue weighted by molar-refractivity contribution is 5.91. The number of ketones is 1. The van der Waals surface area contributed by atoms with Crippen LogP contribution in [0.2, 0.25) is 0 Å². The van der Waals surface area contributed by atoms with Crippen LogP contribution in [0.1, 0.15) is 86.0 Å². The fraction of sp³-hybridized carbons (Fsp3) is 0.821. The highest BCUT2D eigenvalue weighted by Gasteiger charge is 2.59. The van der Waals surface area contributed by atoms with E-state index < -0.39 is 0 Å². The zero-order valence-electron chi connectivity index (χ0n) is 22.0. The fourth-order valence-electron chi connectivity index (χ4n) is 8.25. The van der Waals surface area contributed by atoms with Crippen LogP contribution in [-0.4, -0.2) is 48.7 Å². The molecule has 0 radical (unpaired) electrons. The van der Waals surface area contributed by atoms with Crippen LogP contribution >= 0.6 is 0 Å². The summed E-state index contributed by atoms with van der Waals surface area (Å²) in [4.78, 5) is 31.8. The Kier molecular flexibility index (Phi) is 7.56. The van der Waals surface area contributed by atoms with Crippen molar-refractivity contribution in [1.82, 2.24) is 10.2 Å². The number of carbonyl (C=O) groups is 2. The minimum Gasteiger partial charge on any atom is -0.315 e. The number of amides is 1. The van der Waals surface area contributed by atoms with Crippen LogP contribution < -0.4 is 5.32 Å². The van der Waals surface area contributed by atoms with Crippen molar-refractivity contribution in [2.75, 3.05) is 26.2 Å².